The SMILES string of the molecule is COc1ncc(O[B]O)c(OC)n1. The Hall–Kier alpha value is -1.50. The van der Waals surface area contributed by atoms with Gasteiger partial charge in [0, 0.05) is 0 Å². The van der Waals surface area contributed by atoms with Crippen molar-refractivity contribution < 1.29 is 19.2 Å². The first kappa shape index (κ1) is 9.59. The molecule has 0 bridgehead atoms. The normalized spacial score (nSPS) is 9.15. The average Bonchev–Trinajstić information content (AvgIpc) is 2.19. The smallest absolute Gasteiger partial charge is 0.533 e. The molecule has 0 saturated heterocycles. The molecule has 1 rings (SSSR count). The predicted octanol–water partition coefficient (Wildman–Crippen LogP) is -0.601. The summed E-state index contributed by atoms with van der Waals surface area (Å²) in [7, 11) is 3.38. The lowest BCUT2D eigenvalue weighted by Crippen LogP contribution is -2.04. The summed E-state index contributed by atoms with van der Waals surface area (Å²) in [5.74, 6) is 0.406. The average molecular weight is 183 g/mol. The molecular formula is C6H8BN2O4. The summed E-state index contributed by atoms with van der Waals surface area (Å²) in [6.45, 7) is 0. The molecule has 1 N–H and O–H groups in total. The fourth-order valence-corrected chi connectivity index (χ4v) is 0.722. The molecule has 6 nitrogen and oxygen atoms in total. The van der Waals surface area contributed by atoms with Crippen LogP contribution in [0.15, 0.2) is 6.20 Å². The molecular weight excluding hydrogens is 175 g/mol. The molecule has 0 fully saturated rings. The second-order valence-electron chi connectivity index (χ2n) is 1.95. The fourth-order valence-electron chi connectivity index (χ4n) is 0.722. The van der Waals surface area contributed by atoms with Crippen molar-refractivity contribution in [1.82, 2.24) is 9.97 Å². The van der Waals surface area contributed by atoms with Gasteiger partial charge in [-0.05, 0) is 0 Å². The highest BCUT2D eigenvalue weighted by Crippen LogP contribution is 2.24. The van der Waals surface area contributed by atoms with Gasteiger partial charge >= 0.3 is 13.7 Å². The zero-order valence-electron chi connectivity index (χ0n) is 7.22. The van der Waals surface area contributed by atoms with Gasteiger partial charge in [-0.3, -0.25) is 0 Å². The Labute approximate surface area is 75.8 Å². The van der Waals surface area contributed by atoms with Crippen LogP contribution in [0.3, 0.4) is 0 Å². The van der Waals surface area contributed by atoms with Crippen molar-refractivity contribution in [3.05, 3.63) is 6.20 Å². The van der Waals surface area contributed by atoms with Crippen molar-refractivity contribution in [1.29, 1.82) is 0 Å². The van der Waals surface area contributed by atoms with E-state index >= 15 is 0 Å². The van der Waals surface area contributed by atoms with E-state index in [9.17, 15) is 0 Å². The molecule has 0 spiro atoms. The largest absolute Gasteiger partial charge is 0.569 e. The summed E-state index contributed by atoms with van der Waals surface area (Å²) < 4.78 is 14.3. The van der Waals surface area contributed by atoms with Crippen LogP contribution < -0.4 is 14.1 Å². The van der Waals surface area contributed by atoms with Gasteiger partial charge < -0.3 is 19.2 Å². The first-order valence-corrected chi connectivity index (χ1v) is 3.39. The third-order valence-electron chi connectivity index (χ3n) is 1.26. The van der Waals surface area contributed by atoms with Gasteiger partial charge in [0.15, 0.2) is 5.75 Å². The van der Waals surface area contributed by atoms with Crippen molar-refractivity contribution in [2.75, 3.05) is 14.2 Å². The minimum atomic E-state index is 0.169. The number of nitrogens with zero attached hydrogens (tertiary/aromatic N) is 2. The molecule has 0 aromatic carbocycles. The molecule has 1 heterocycles. The van der Waals surface area contributed by atoms with E-state index in [0.29, 0.717) is 7.69 Å². The number of hydrogen-bond acceptors (Lipinski definition) is 6. The van der Waals surface area contributed by atoms with Crippen LogP contribution in [0.2, 0.25) is 0 Å². The summed E-state index contributed by atoms with van der Waals surface area (Å²) in [6.07, 6.45) is 1.33. The van der Waals surface area contributed by atoms with Crippen molar-refractivity contribution in [3.63, 3.8) is 0 Å². The summed E-state index contributed by atoms with van der Waals surface area (Å²) in [4.78, 5) is 7.57. The Morgan fingerprint density at radius 1 is 1.38 bits per heavy atom. The van der Waals surface area contributed by atoms with E-state index in [2.05, 4.69) is 14.6 Å². The van der Waals surface area contributed by atoms with E-state index in [4.69, 9.17) is 14.5 Å². The van der Waals surface area contributed by atoms with E-state index in [0.717, 1.165) is 0 Å². The van der Waals surface area contributed by atoms with Crippen LogP contribution in [0.1, 0.15) is 0 Å². The standard InChI is InChI=1S/C6H8BN2O4/c1-11-5-4(13-7-10)3-8-6(9-5)12-2/h3,10H,1-2H3. The van der Waals surface area contributed by atoms with Crippen LogP contribution in [0, 0.1) is 0 Å². The third-order valence-corrected chi connectivity index (χ3v) is 1.26. The van der Waals surface area contributed by atoms with Gasteiger partial charge in [0.1, 0.15) is 0 Å². The molecule has 0 aliphatic rings. The predicted molar refractivity (Wildman–Crippen MR) is 43.7 cm³/mol. The third kappa shape index (κ3) is 2.22. The highest BCUT2D eigenvalue weighted by atomic mass is 16.5. The molecule has 69 valence electrons. The Balaban J connectivity index is 2.93. The first-order chi connectivity index (χ1) is 6.31. The molecule has 1 aromatic rings. The second kappa shape index (κ2) is 4.51. The topological polar surface area (TPSA) is 73.7 Å². The van der Waals surface area contributed by atoms with E-state index in [-0.39, 0.29) is 17.6 Å². The highest BCUT2D eigenvalue weighted by Gasteiger charge is 2.08. The molecule has 0 atom stereocenters. The highest BCUT2D eigenvalue weighted by molar-refractivity contribution is 6.17. The summed E-state index contributed by atoms with van der Waals surface area (Å²) in [5.41, 5.74) is 0. The molecule has 0 saturated carbocycles. The lowest BCUT2D eigenvalue weighted by atomic mass is 10.4. The molecule has 0 unspecified atom stereocenters. The van der Waals surface area contributed by atoms with Crippen LogP contribution in [0.5, 0.6) is 17.6 Å². The number of aromatic nitrogens is 2. The van der Waals surface area contributed by atoms with E-state index in [1.54, 1.807) is 0 Å². The summed E-state index contributed by atoms with van der Waals surface area (Å²) in [6, 6.07) is 0.169. The van der Waals surface area contributed by atoms with Gasteiger partial charge in [0.2, 0.25) is 0 Å². The number of rotatable bonds is 4. The Bertz CT molecular complexity index is 283. The number of methoxy groups -OCH3 is 2. The fraction of sp³-hybridized carbons (Fsp3) is 0.333. The number of ether oxygens (including phenoxy) is 2. The molecule has 1 radical (unpaired) electrons. The van der Waals surface area contributed by atoms with Crippen molar-refractivity contribution in [3.8, 4) is 17.6 Å². The van der Waals surface area contributed by atoms with E-state index < -0.39 is 0 Å². The Kier molecular flexibility index (Phi) is 3.33. The van der Waals surface area contributed by atoms with Gasteiger partial charge in [-0.25, -0.2) is 0 Å². The molecule has 0 amide bonds. The van der Waals surface area contributed by atoms with E-state index in [1.807, 2.05) is 0 Å². The van der Waals surface area contributed by atoms with Gasteiger partial charge in [0.05, 0.1) is 20.4 Å². The summed E-state index contributed by atoms with van der Waals surface area (Å²) >= 11 is 0. The first-order valence-electron chi connectivity index (χ1n) is 3.39. The van der Waals surface area contributed by atoms with Crippen molar-refractivity contribution >= 4 is 7.69 Å². The maximum atomic E-state index is 8.38. The lowest BCUT2D eigenvalue weighted by molar-refractivity contribution is 0.335. The Morgan fingerprint density at radius 3 is 2.69 bits per heavy atom. The van der Waals surface area contributed by atoms with Gasteiger partial charge in [-0.1, -0.05) is 0 Å². The van der Waals surface area contributed by atoms with Crippen LogP contribution in [-0.4, -0.2) is 36.9 Å². The molecule has 13 heavy (non-hydrogen) atoms. The quantitative estimate of drug-likeness (QED) is 0.628. The van der Waals surface area contributed by atoms with Gasteiger partial charge in [0.25, 0.3) is 5.88 Å². The maximum Gasteiger partial charge on any atom is 0.569 e. The summed E-state index contributed by atoms with van der Waals surface area (Å²) in [5, 5.41) is 8.38. The minimum absolute atomic E-state index is 0.169. The van der Waals surface area contributed by atoms with Crippen LogP contribution >= 0.6 is 0 Å². The van der Waals surface area contributed by atoms with E-state index in [1.165, 1.54) is 20.4 Å². The van der Waals surface area contributed by atoms with Gasteiger partial charge in [-0.2, -0.15) is 9.97 Å². The minimum Gasteiger partial charge on any atom is -0.533 e. The lowest BCUT2D eigenvalue weighted by Gasteiger charge is -2.06. The zero-order valence-corrected chi connectivity index (χ0v) is 7.22. The van der Waals surface area contributed by atoms with Crippen molar-refractivity contribution in [2.45, 2.75) is 0 Å². The molecule has 1 aromatic heterocycles. The van der Waals surface area contributed by atoms with Gasteiger partial charge in [-0.15, -0.1) is 0 Å². The zero-order chi connectivity index (χ0) is 9.68. The maximum absolute atomic E-state index is 8.38. The van der Waals surface area contributed by atoms with Crippen molar-refractivity contribution in [2.24, 2.45) is 0 Å². The number of hydrogen-bond donors (Lipinski definition) is 1. The van der Waals surface area contributed by atoms with Crippen LogP contribution in [0.25, 0.3) is 0 Å². The van der Waals surface area contributed by atoms with Crippen LogP contribution in [0.4, 0.5) is 0 Å². The second-order valence-corrected chi connectivity index (χ2v) is 1.95. The molecule has 0 aliphatic carbocycles. The Morgan fingerprint density at radius 2 is 2.15 bits per heavy atom. The van der Waals surface area contributed by atoms with Crippen LogP contribution in [-0.2, 0) is 0 Å². The molecule has 0 aliphatic heterocycles. The molecule has 7 heteroatoms. The monoisotopic (exact) mass is 183 g/mol.